The molecule has 178 valence electrons. The SMILES string of the molecule is C=C(CC)CCC1CCC(C2(C(=O)Oc3ccc(OC(F)(F)F)cc3)CCCCC2)CC1. The molecule has 0 atom stereocenters. The van der Waals surface area contributed by atoms with E-state index in [4.69, 9.17) is 4.74 Å². The van der Waals surface area contributed by atoms with Crippen molar-refractivity contribution in [2.24, 2.45) is 17.3 Å². The summed E-state index contributed by atoms with van der Waals surface area (Å²) in [6.07, 6.45) is 7.76. The van der Waals surface area contributed by atoms with Gasteiger partial charge in [0.15, 0.2) is 0 Å². The molecule has 2 saturated carbocycles. The number of carbonyl (C=O) groups is 1. The Kier molecular flexibility index (Phi) is 8.29. The number of alkyl halides is 3. The predicted molar refractivity (Wildman–Crippen MR) is 118 cm³/mol. The molecule has 2 aliphatic carbocycles. The van der Waals surface area contributed by atoms with E-state index in [1.165, 1.54) is 36.3 Å². The van der Waals surface area contributed by atoms with Crippen molar-refractivity contribution in [3.05, 3.63) is 36.4 Å². The number of carbonyl (C=O) groups excluding carboxylic acids is 1. The van der Waals surface area contributed by atoms with Crippen LogP contribution >= 0.6 is 0 Å². The van der Waals surface area contributed by atoms with E-state index in [1.807, 2.05) is 0 Å². The summed E-state index contributed by atoms with van der Waals surface area (Å²) in [4.78, 5) is 13.4. The molecule has 32 heavy (non-hydrogen) atoms. The van der Waals surface area contributed by atoms with Crippen LogP contribution in [0.5, 0.6) is 11.5 Å². The van der Waals surface area contributed by atoms with Crippen LogP contribution in [0.25, 0.3) is 0 Å². The van der Waals surface area contributed by atoms with Gasteiger partial charge in [0.25, 0.3) is 0 Å². The molecule has 0 spiro atoms. The molecule has 0 saturated heterocycles. The molecule has 2 aliphatic rings. The summed E-state index contributed by atoms with van der Waals surface area (Å²) in [7, 11) is 0. The van der Waals surface area contributed by atoms with Gasteiger partial charge >= 0.3 is 12.3 Å². The van der Waals surface area contributed by atoms with E-state index >= 15 is 0 Å². The molecule has 0 unspecified atom stereocenters. The third-order valence-electron chi connectivity index (χ3n) is 7.45. The largest absolute Gasteiger partial charge is 0.573 e. The number of allylic oxidation sites excluding steroid dienone is 1. The lowest BCUT2D eigenvalue weighted by Crippen LogP contribution is -2.44. The first-order valence-corrected chi connectivity index (χ1v) is 12.0. The Balaban J connectivity index is 1.63. The van der Waals surface area contributed by atoms with E-state index in [1.54, 1.807) is 0 Å². The zero-order chi connectivity index (χ0) is 23.2. The van der Waals surface area contributed by atoms with E-state index in [-0.39, 0.29) is 17.5 Å². The Bertz CT molecular complexity index is 756. The summed E-state index contributed by atoms with van der Waals surface area (Å²) < 4.78 is 46.7. The fourth-order valence-electron chi connectivity index (χ4n) is 5.47. The Morgan fingerprint density at radius 3 is 2.19 bits per heavy atom. The fourth-order valence-corrected chi connectivity index (χ4v) is 5.47. The van der Waals surface area contributed by atoms with Crippen molar-refractivity contribution in [2.45, 2.75) is 90.3 Å². The first-order chi connectivity index (χ1) is 15.2. The van der Waals surface area contributed by atoms with Crippen LogP contribution < -0.4 is 9.47 Å². The normalized spacial score (nSPS) is 23.4. The van der Waals surface area contributed by atoms with Crippen LogP contribution in [0.2, 0.25) is 0 Å². The van der Waals surface area contributed by atoms with E-state index in [0.29, 0.717) is 11.8 Å². The fraction of sp³-hybridized carbons (Fsp3) is 0.654. The molecule has 1 aromatic carbocycles. The Hall–Kier alpha value is -1.98. The summed E-state index contributed by atoms with van der Waals surface area (Å²) in [5, 5.41) is 0. The van der Waals surface area contributed by atoms with Gasteiger partial charge in [-0.05, 0) is 81.0 Å². The lowest BCUT2D eigenvalue weighted by atomic mass is 9.60. The molecule has 3 nitrogen and oxygen atoms in total. The lowest BCUT2D eigenvalue weighted by Gasteiger charge is -2.44. The third kappa shape index (κ3) is 6.52. The average Bonchev–Trinajstić information content (AvgIpc) is 2.78. The first kappa shape index (κ1) is 24.7. The van der Waals surface area contributed by atoms with Gasteiger partial charge in [0.1, 0.15) is 11.5 Å². The summed E-state index contributed by atoms with van der Waals surface area (Å²) in [5.74, 6) is 0.737. The molecule has 0 aliphatic heterocycles. The van der Waals surface area contributed by atoms with E-state index in [2.05, 4.69) is 18.2 Å². The van der Waals surface area contributed by atoms with Crippen LogP contribution in [0.15, 0.2) is 36.4 Å². The zero-order valence-electron chi connectivity index (χ0n) is 19.0. The minimum Gasteiger partial charge on any atom is -0.426 e. The molecule has 0 N–H and O–H groups in total. The maximum atomic E-state index is 13.4. The number of ether oxygens (including phenoxy) is 2. The summed E-state index contributed by atoms with van der Waals surface area (Å²) in [6.45, 7) is 6.27. The van der Waals surface area contributed by atoms with Crippen LogP contribution in [0.3, 0.4) is 0 Å². The maximum absolute atomic E-state index is 13.4. The lowest BCUT2D eigenvalue weighted by molar-refractivity contribution is -0.274. The van der Waals surface area contributed by atoms with E-state index < -0.39 is 11.8 Å². The van der Waals surface area contributed by atoms with Crippen molar-refractivity contribution in [1.82, 2.24) is 0 Å². The highest BCUT2D eigenvalue weighted by Crippen LogP contribution is 2.50. The number of rotatable bonds is 8. The number of hydrogen-bond acceptors (Lipinski definition) is 3. The van der Waals surface area contributed by atoms with Gasteiger partial charge in [0.05, 0.1) is 5.41 Å². The van der Waals surface area contributed by atoms with Gasteiger partial charge in [-0.1, -0.05) is 51.2 Å². The number of benzene rings is 1. The smallest absolute Gasteiger partial charge is 0.426 e. The highest BCUT2D eigenvalue weighted by Gasteiger charge is 2.48. The summed E-state index contributed by atoms with van der Waals surface area (Å²) in [5.41, 5.74) is 0.836. The van der Waals surface area contributed by atoms with Crippen molar-refractivity contribution in [3.63, 3.8) is 0 Å². The van der Waals surface area contributed by atoms with Crippen LogP contribution in [0, 0.1) is 17.3 Å². The minimum atomic E-state index is -4.74. The highest BCUT2D eigenvalue weighted by atomic mass is 19.4. The van der Waals surface area contributed by atoms with Crippen LogP contribution in [-0.4, -0.2) is 12.3 Å². The van der Waals surface area contributed by atoms with Crippen LogP contribution in [0.4, 0.5) is 13.2 Å². The topological polar surface area (TPSA) is 35.5 Å². The molecule has 3 rings (SSSR count). The van der Waals surface area contributed by atoms with Gasteiger partial charge in [-0.2, -0.15) is 0 Å². The molecule has 1 aromatic rings. The van der Waals surface area contributed by atoms with Gasteiger partial charge in [0, 0.05) is 0 Å². The van der Waals surface area contributed by atoms with Crippen LogP contribution in [-0.2, 0) is 4.79 Å². The van der Waals surface area contributed by atoms with Crippen molar-refractivity contribution >= 4 is 5.97 Å². The maximum Gasteiger partial charge on any atom is 0.573 e. The monoisotopic (exact) mass is 452 g/mol. The third-order valence-corrected chi connectivity index (χ3v) is 7.45. The second-order valence-corrected chi connectivity index (χ2v) is 9.49. The average molecular weight is 453 g/mol. The second-order valence-electron chi connectivity index (χ2n) is 9.49. The summed E-state index contributed by atoms with van der Waals surface area (Å²) >= 11 is 0. The molecule has 2 fully saturated rings. The van der Waals surface area contributed by atoms with Crippen molar-refractivity contribution < 1.29 is 27.4 Å². The quantitative estimate of drug-likeness (QED) is 0.228. The molecule has 0 amide bonds. The summed E-state index contributed by atoms with van der Waals surface area (Å²) in [6, 6.07) is 5.10. The zero-order valence-corrected chi connectivity index (χ0v) is 19.0. The highest BCUT2D eigenvalue weighted by molar-refractivity contribution is 5.79. The first-order valence-electron chi connectivity index (χ1n) is 12.0. The van der Waals surface area contributed by atoms with Gasteiger partial charge in [-0.3, -0.25) is 4.79 Å². The Morgan fingerprint density at radius 1 is 1.03 bits per heavy atom. The number of halogens is 3. The molecule has 0 bridgehead atoms. The Labute approximate surface area is 189 Å². The molecular weight excluding hydrogens is 417 g/mol. The predicted octanol–water partition coefficient (Wildman–Crippen LogP) is 7.99. The Morgan fingerprint density at radius 2 is 1.62 bits per heavy atom. The molecule has 6 heteroatoms. The molecule has 0 heterocycles. The van der Waals surface area contributed by atoms with Gasteiger partial charge < -0.3 is 9.47 Å². The van der Waals surface area contributed by atoms with E-state index in [0.717, 1.165) is 70.6 Å². The van der Waals surface area contributed by atoms with Crippen molar-refractivity contribution in [1.29, 1.82) is 0 Å². The second kappa shape index (κ2) is 10.8. The number of esters is 1. The van der Waals surface area contributed by atoms with Gasteiger partial charge in [0.2, 0.25) is 0 Å². The van der Waals surface area contributed by atoms with Gasteiger partial charge in [-0.25, -0.2) is 0 Å². The minimum absolute atomic E-state index is 0.218. The van der Waals surface area contributed by atoms with E-state index in [9.17, 15) is 18.0 Å². The van der Waals surface area contributed by atoms with Gasteiger partial charge in [-0.15, -0.1) is 13.2 Å². The molecular formula is C26H35F3O3. The molecule has 0 aromatic heterocycles. The van der Waals surface area contributed by atoms with Crippen molar-refractivity contribution in [2.75, 3.05) is 0 Å². The van der Waals surface area contributed by atoms with Crippen molar-refractivity contribution in [3.8, 4) is 11.5 Å². The van der Waals surface area contributed by atoms with Crippen LogP contribution in [0.1, 0.15) is 84.0 Å². The standard InChI is InChI=1S/C26H35F3O3/c1-3-19(2)7-8-20-9-11-21(12-10-20)25(17-5-4-6-18-25)24(30)31-22-13-15-23(16-14-22)32-26(27,28)29/h13-16,20-21H,2-12,17-18H2,1H3. The molecule has 0 radical (unpaired) electrons. The number of hydrogen-bond donors (Lipinski definition) is 0.